The molecule has 2 aromatic carbocycles. The lowest BCUT2D eigenvalue weighted by Crippen LogP contribution is -2.12. The van der Waals surface area contributed by atoms with E-state index in [1.807, 2.05) is 0 Å². The molecule has 24 heavy (non-hydrogen) atoms. The minimum Gasteiger partial charge on any atom is -0.454 e. The summed E-state index contributed by atoms with van der Waals surface area (Å²) < 4.78 is 41.1. The van der Waals surface area contributed by atoms with E-state index >= 15 is 0 Å². The molecule has 1 atom stereocenters. The summed E-state index contributed by atoms with van der Waals surface area (Å²) in [6.07, 6.45) is -0.502. The number of nitrogens with two attached hydrogens (primary N) is 1. The number of sulfonamides is 1. The number of ether oxygens (including phenoxy) is 1. The van der Waals surface area contributed by atoms with Gasteiger partial charge in [0.15, 0.2) is 0 Å². The van der Waals surface area contributed by atoms with Crippen LogP contribution in [0.4, 0.5) is 4.39 Å². The number of carbonyl (C=O) groups excluding carboxylic acids is 1. The number of cyclic esters (lactones) is 1. The summed E-state index contributed by atoms with van der Waals surface area (Å²) in [4.78, 5) is 12.2. The predicted molar refractivity (Wildman–Crippen MR) is 86.6 cm³/mol. The largest absolute Gasteiger partial charge is 0.454 e. The number of esters is 1. The zero-order chi connectivity index (χ0) is 17.5. The van der Waals surface area contributed by atoms with Gasteiger partial charge < -0.3 is 4.74 Å². The third kappa shape index (κ3) is 2.95. The number of benzene rings is 2. The first-order chi connectivity index (χ1) is 11.3. The summed E-state index contributed by atoms with van der Waals surface area (Å²) in [6, 6.07) is 11.4. The summed E-state index contributed by atoms with van der Waals surface area (Å²) in [5.74, 6) is -0.905. The molecule has 0 saturated carbocycles. The monoisotopic (exact) mass is 347 g/mol. The van der Waals surface area contributed by atoms with Crippen LogP contribution in [0.2, 0.25) is 0 Å². The molecule has 0 saturated heterocycles. The van der Waals surface area contributed by atoms with E-state index in [0.717, 1.165) is 0 Å². The molecular formula is C17H14FNO4S. The van der Waals surface area contributed by atoms with Crippen molar-refractivity contribution in [1.82, 2.24) is 0 Å². The van der Waals surface area contributed by atoms with Crippen LogP contribution in [-0.2, 0) is 19.6 Å². The first-order valence-electron chi connectivity index (χ1n) is 7.11. The molecular weight excluding hydrogens is 333 g/mol. The highest BCUT2D eigenvalue weighted by molar-refractivity contribution is 7.89. The summed E-state index contributed by atoms with van der Waals surface area (Å²) in [5, 5.41) is 5.09. The van der Waals surface area contributed by atoms with Crippen LogP contribution in [0.3, 0.4) is 0 Å². The number of halogens is 1. The van der Waals surface area contributed by atoms with Gasteiger partial charge in [0.2, 0.25) is 10.0 Å². The average Bonchev–Trinajstić information content (AvgIpc) is 2.82. The summed E-state index contributed by atoms with van der Waals surface area (Å²) in [5.41, 5.74) is 2.13. The third-order valence-corrected chi connectivity index (χ3v) is 4.72. The van der Waals surface area contributed by atoms with E-state index in [-0.39, 0.29) is 4.90 Å². The molecule has 1 aliphatic rings. The van der Waals surface area contributed by atoms with Crippen LogP contribution in [0, 0.1) is 5.82 Å². The normalized spacial score (nSPS) is 18.0. The van der Waals surface area contributed by atoms with Crippen LogP contribution in [0.15, 0.2) is 53.4 Å². The van der Waals surface area contributed by atoms with Gasteiger partial charge in [0.1, 0.15) is 11.9 Å². The number of primary sulfonamides is 1. The van der Waals surface area contributed by atoms with Crippen molar-refractivity contribution in [3.05, 3.63) is 65.5 Å². The van der Waals surface area contributed by atoms with Gasteiger partial charge in [-0.2, -0.15) is 0 Å². The maximum atomic E-state index is 13.1. The van der Waals surface area contributed by atoms with Gasteiger partial charge in [-0.25, -0.2) is 22.7 Å². The van der Waals surface area contributed by atoms with Gasteiger partial charge in [-0.3, -0.25) is 0 Å². The Hall–Kier alpha value is -2.51. The van der Waals surface area contributed by atoms with Gasteiger partial charge in [-0.05, 0) is 42.3 Å². The van der Waals surface area contributed by atoms with Crippen LogP contribution in [0.5, 0.6) is 0 Å². The van der Waals surface area contributed by atoms with E-state index in [2.05, 4.69) is 0 Å². The number of hydrogen-bond donors (Lipinski definition) is 1. The minimum atomic E-state index is -3.79. The molecule has 0 radical (unpaired) electrons. The Labute approximate surface area is 138 Å². The molecule has 2 aromatic rings. The zero-order valence-electron chi connectivity index (χ0n) is 12.7. The molecule has 5 nitrogen and oxygen atoms in total. The lowest BCUT2D eigenvalue weighted by atomic mass is 9.93. The highest BCUT2D eigenvalue weighted by Crippen LogP contribution is 2.37. The van der Waals surface area contributed by atoms with Crippen molar-refractivity contribution in [2.24, 2.45) is 5.14 Å². The molecule has 0 fully saturated rings. The first-order valence-corrected chi connectivity index (χ1v) is 8.66. The van der Waals surface area contributed by atoms with Crippen LogP contribution in [0.25, 0.3) is 11.1 Å². The highest BCUT2D eigenvalue weighted by atomic mass is 32.2. The maximum absolute atomic E-state index is 13.1. The van der Waals surface area contributed by atoms with E-state index in [4.69, 9.17) is 9.88 Å². The minimum absolute atomic E-state index is 0.0203. The number of carbonyl (C=O) groups is 1. The number of rotatable bonds is 3. The molecule has 7 heteroatoms. The third-order valence-electron chi connectivity index (χ3n) is 3.79. The lowest BCUT2D eigenvalue weighted by molar-refractivity contribution is -0.136. The van der Waals surface area contributed by atoms with Gasteiger partial charge >= 0.3 is 5.97 Å². The highest BCUT2D eigenvalue weighted by Gasteiger charge is 2.33. The van der Waals surface area contributed by atoms with Crippen molar-refractivity contribution in [2.45, 2.75) is 17.9 Å². The van der Waals surface area contributed by atoms with Crippen LogP contribution in [-0.4, -0.2) is 20.5 Å². The van der Waals surface area contributed by atoms with Crippen molar-refractivity contribution in [3.63, 3.8) is 0 Å². The maximum Gasteiger partial charge on any atom is 0.339 e. The van der Waals surface area contributed by atoms with Crippen LogP contribution < -0.4 is 5.14 Å². The molecule has 0 bridgehead atoms. The van der Waals surface area contributed by atoms with Crippen molar-refractivity contribution in [2.75, 3.05) is 0 Å². The van der Waals surface area contributed by atoms with Gasteiger partial charge in [-0.1, -0.05) is 24.3 Å². The van der Waals surface area contributed by atoms with Crippen molar-refractivity contribution < 1.29 is 22.3 Å². The summed E-state index contributed by atoms with van der Waals surface area (Å²) in [7, 11) is -3.79. The SMILES string of the molecule is CC1OC(=O)C(c2ccc(F)cc2)=C1c1ccc(S(N)(=O)=O)cc1. The Balaban J connectivity index is 2.14. The average molecular weight is 347 g/mol. The summed E-state index contributed by atoms with van der Waals surface area (Å²) >= 11 is 0. The summed E-state index contributed by atoms with van der Waals surface area (Å²) in [6.45, 7) is 1.72. The Morgan fingerprint density at radius 2 is 1.54 bits per heavy atom. The van der Waals surface area contributed by atoms with E-state index in [9.17, 15) is 17.6 Å². The Morgan fingerprint density at radius 1 is 1.00 bits per heavy atom. The first kappa shape index (κ1) is 16.4. The van der Waals surface area contributed by atoms with E-state index in [0.29, 0.717) is 22.3 Å². The molecule has 0 aromatic heterocycles. The van der Waals surface area contributed by atoms with Crippen LogP contribution in [0.1, 0.15) is 18.1 Å². The van der Waals surface area contributed by atoms with Gasteiger partial charge in [0.05, 0.1) is 10.5 Å². The van der Waals surface area contributed by atoms with E-state index < -0.39 is 27.9 Å². The van der Waals surface area contributed by atoms with E-state index in [1.54, 1.807) is 19.1 Å². The molecule has 2 N–H and O–H groups in total. The topological polar surface area (TPSA) is 86.5 Å². The molecule has 0 amide bonds. The second-order valence-electron chi connectivity index (χ2n) is 5.41. The molecule has 3 rings (SSSR count). The quantitative estimate of drug-likeness (QED) is 0.864. The second kappa shape index (κ2) is 5.85. The van der Waals surface area contributed by atoms with Crippen molar-refractivity contribution in [3.8, 4) is 0 Å². The standard InChI is InChI=1S/C17H14FNO4S/c1-10-15(11-4-8-14(9-5-11)24(19,21)22)16(17(20)23-10)12-2-6-13(18)7-3-12/h2-10H,1H3,(H2,19,21,22). The molecule has 1 heterocycles. The fourth-order valence-corrected chi connectivity index (χ4v) is 3.20. The molecule has 0 aliphatic carbocycles. The smallest absolute Gasteiger partial charge is 0.339 e. The van der Waals surface area contributed by atoms with E-state index in [1.165, 1.54) is 36.4 Å². The number of hydrogen-bond acceptors (Lipinski definition) is 4. The molecule has 124 valence electrons. The van der Waals surface area contributed by atoms with Gasteiger partial charge in [-0.15, -0.1) is 0 Å². The zero-order valence-corrected chi connectivity index (χ0v) is 13.5. The fourth-order valence-electron chi connectivity index (χ4n) is 2.68. The fraction of sp³-hybridized carbons (Fsp3) is 0.118. The van der Waals surface area contributed by atoms with Gasteiger partial charge in [0.25, 0.3) is 0 Å². The molecule has 0 spiro atoms. The Kier molecular flexibility index (Phi) is 3.98. The van der Waals surface area contributed by atoms with Crippen molar-refractivity contribution >= 4 is 27.1 Å². The van der Waals surface area contributed by atoms with Crippen LogP contribution >= 0.6 is 0 Å². The predicted octanol–water partition coefficient (Wildman–Crippen LogP) is 2.33. The second-order valence-corrected chi connectivity index (χ2v) is 6.97. The Bertz CT molecular complexity index is 932. The Morgan fingerprint density at radius 3 is 2.08 bits per heavy atom. The molecule has 1 aliphatic heterocycles. The van der Waals surface area contributed by atoms with Crippen molar-refractivity contribution in [1.29, 1.82) is 0 Å². The molecule has 1 unspecified atom stereocenters. The van der Waals surface area contributed by atoms with Gasteiger partial charge in [0, 0.05) is 5.57 Å². The lowest BCUT2D eigenvalue weighted by Gasteiger charge is -2.10.